The molecule has 1 saturated heterocycles. The number of amides is 1. The molecule has 1 aromatic carbocycles. The van der Waals surface area contributed by atoms with E-state index in [-0.39, 0.29) is 5.91 Å². The van der Waals surface area contributed by atoms with E-state index in [0.717, 1.165) is 36.5 Å². The number of primary amides is 1. The van der Waals surface area contributed by atoms with Gasteiger partial charge in [-0.25, -0.2) is 0 Å². The first-order chi connectivity index (χ1) is 11.8. The Morgan fingerprint density at radius 1 is 1.44 bits per heavy atom. The van der Waals surface area contributed by atoms with E-state index in [1.54, 1.807) is 0 Å². The molecular weight excluding hydrogens is 382 g/mol. The fraction of sp³-hybridized carbons (Fsp3) is 0.556. The molecule has 4 N–H and O–H groups in total. The molecule has 1 unspecified atom stereocenters. The van der Waals surface area contributed by atoms with Crippen molar-refractivity contribution in [1.82, 2.24) is 10.6 Å². The van der Waals surface area contributed by atoms with E-state index in [1.165, 1.54) is 5.69 Å². The predicted octanol–water partition coefficient (Wildman–Crippen LogP) is 2.09. The summed E-state index contributed by atoms with van der Waals surface area (Å²) < 4.78 is 1.11. The molecule has 0 spiro atoms. The third-order valence-corrected chi connectivity index (χ3v) is 5.04. The Morgan fingerprint density at radius 2 is 2.16 bits per heavy atom. The van der Waals surface area contributed by atoms with E-state index in [9.17, 15) is 4.79 Å². The predicted molar refractivity (Wildman–Crippen MR) is 107 cm³/mol. The van der Waals surface area contributed by atoms with Gasteiger partial charge < -0.3 is 21.3 Å². The van der Waals surface area contributed by atoms with Crippen molar-refractivity contribution < 1.29 is 4.79 Å². The molecule has 1 aliphatic rings. The van der Waals surface area contributed by atoms with Gasteiger partial charge in [0, 0.05) is 30.1 Å². The number of nitrogens with zero attached hydrogens (tertiary/aromatic N) is 2. The van der Waals surface area contributed by atoms with E-state index in [2.05, 4.69) is 54.7 Å². The number of para-hydroxylation sites is 1. The highest BCUT2D eigenvalue weighted by atomic mass is 79.9. The van der Waals surface area contributed by atoms with Crippen molar-refractivity contribution in [3.8, 4) is 0 Å². The fourth-order valence-corrected chi connectivity index (χ4v) is 3.21. The van der Waals surface area contributed by atoms with Gasteiger partial charge in [-0.15, -0.1) is 0 Å². The molecule has 1 heterocycles. The monoisotopic (exact) mass is 409 g/mol. The molecule has 0 saturated carbocycles. The number of nitrogens with one attached hydrogen (secondary N) is 2. The van der Waals surface area contributed by atoms with Crippen molar-refractivity contribution in [3.05, 3.63) is 28.7 Å². The summed E-state index contributed by atoms with van der Waals surface area (Å²) in [7, 11) is 0. The van der Waals surface area contributed by atoms with Gasteiger partial charge in [-0.05, 0) is 55.3 Å². The summed E-state index contributed by atoms with van der Waals surface area (Å²) in [6, 6.07) is 8.57. The Balaban J connectivity index is 1.99. The maximum Gasteiger partial charge on any atom is 0.224 e. The first-order valence-electron chi connectivity index (χ1n) is 8.67. The molecule has 0 bridgehead atoms. The quantitative estimate of drug-likeness (QED) is 0.496. The summed E-state index contributed by atoms with van der Waals surface area (Å²) in [6.45, 7) is 8.68. The zero-order valence-corrected chi connectivity index (χ0v) is 16.8. The minimum absolute atomic E-state index is 0.307. The summed E-state index contributed by atoms with van der Waals surface area (Å²) in [5, 5.41) is 6.72. The summed E-state index contributed by atoms with van der Waals surface area (Å²) in [5.74, 6) is 0.392. The summed E-state index contributed by atoms with van der Waals surface area (Å²) in [6.07, 6.45) is 1.03. The van der Waals surface area contributed by atoms with Crippen LogP contribution < -0.4 is 21.3 Å². The Bertz CT molecular complexity index is 632. The van der Waals surface area contributed by atoms with Crippen molar-refractivity contribution in [2.24, 2.45) is 16.1 Å². The van der Waals surface area contributed by atoms with Crippen molar-refractivity contribution in [2.45, 2.75) is 33.2 Å². The van der Waals surface area contributed by atoms with Crippen LogP contribution in [0, 0.1) is 5.41 Å². The van der Waals surface area contributed by atoms with Gasteiger partial charge >= 0.3 is 0 Å². The number of aliphatic imine (C=N–C) groups is 1. The second kappa shape index (κ2) is 8.56. The number of anilines is 1. The number of benzene rings is 1. The Kier molecular flexibility index (Phi) is 6.70. The maximum atomic E-state index is 11.5. The number of guanidine groups is 1. The van der Waals surface area contributed by atoms with Crippen LogP contribution in [0.5, 0.6) is 0 Å². The third kappa shape index (κ3) is 5.36. The van der Waals surface area contributed by atoms with Crippen LogP contribution in [0.2, 0.25) is 0 Å². The lowest BCUT2D eigenvalue weighted by Crippen LogP contribution is -2.45. The average molecular weight is 410 g/mol. The molecule has 7 heteroatoms. The van der Waals surface area contributed by atoms with E-state index >= 15 is 0 Å². The molecule has 2 rings (SSSR count). The van der Waals surface area contributed by atoms with Crippen LogP contribution in [-0.2, 0) is 4.79 Å². The van der Waals surface area contributed by atoms with E-state index in [0.29, 0.717) is 12.6 Å². The minimum Gasteiger partial charge on any atom is -0.369 e. The number of rotatable bonds is 6. The Hall–Kier alpha value is -1.76. The lowest BCUT2D eigenvalue weighted by molar-refractivity contribution is -0.125. The SMILES string of the molecule is CCNC(=NCC(C)(C)C(N)=O)NC1CCN(c2ccccc2Br)C1. The minimum atomic E-state index is -0.654. The van der Waals surface area contributed by atoms with Gasteiger partial charge in [-0.1, -0.05) is 12.1 Å². The van der Waals surface area contributed by atoms with Gasteiger partial charge in [0.05, 0.1) is 17.6 Å². The average Bonchev–Trinajstić information content (AvgIpc) is 3.01. The lowest BCUT2D eigenvalue weighted by Gasteiger charge is -2.22. The number of carbonyl (C=O) groups excluding carboxylic acids is 1. The van der Waals surface area contributed by atoms with Crippen molar-refractivity contribution in [3.63, 3.8) is 0 Å². The smallest absolute Gasteiger partial charge is 0.224 e. The van der Waals surface area contributed by atoms with Crippen LogP contribution in [0.3, 0.4) is 0 Å². The third-order valence-electron chi connectivity index (χ3n) is 4.37. The Morgan fingerprint density at radius 3 is 2.80 bits per heavy atom. The van der Waals surface area contributed by atoms with Crippen LogP contribution in [-0.4, -0.2) is 44.1 Å². The standard InChI is InChI=1S/C18H28BrN5O/c1-4-21-17(22-12-18(2,3)16(20)25)23-13-9-10-24(11-13)15-8-6-5-7-14(15)19/h5-8,13H,4,9-12H2,1-3H3,(H2,20,25)(H2,21,22,23). The number of nitrogens with two attached hydrogens (primary N) is 1. The van der Waals surface area contributed by atoms with Crippen molar-refractivity contribution in [2.75, 3.05) is 31.1 Å². The molecule has 0 aliphatic carbocycles. The topological polar surface area (TPSA) is 82.7 Å². The van der Waals surface area contributed by atoms with Crippen LogP contribution in [0.25, 0.3) is 0 Å². The molecule has 25 heavy (non-hydrogen) atoms. The number of carbonyl (C=O) groups is 1. The molecule has 6 nitrogen and oxygen atoms in total. The molecule has 1 amide bonds. The number of halogens is 1. The van der Waals surface area contributed by atoms with Crippen LogP contribution in [0.15, 0.2) is 33.7 Å². The van der Waals surface area contributed by atoms with Gasteiger partial charge in [-0.3, -0.25) is 9.79 Å². The first-order valence-corrected chi connectivity index (χ1v) is 9.47. The van der Waals surface area contributed by atoms with Gasteiger partial charge in [0.1, 0.15) is 0 Å². The van der Waals surface area contributed by atoms with Gasteiger partial charge in [0.2, 0.25) is 5.91 Å². The summed E-state index contributed by atoms with van der Waals surface area (Å²) in [4.78, 5) is 18.4. The van der Waals surface area contributed by atoms with Crippen molar-refractivity contribution in [1.29, 1.82) is 0 Å². The molecular formula is C18H28BrN5O. The first kappa shape index (κ1) is 19.6. The molecule has 0 aromatic heterocycles. The van der Waals surface area contributed by atoms with E-state index in [1.807, 2.05) is 26.8 Å². The van der Waals surface area contributed by atoms with Crippen LogP contribution in [0.4, 0.5) is 5.69 Å². The van der Waals surface area contributed by atoms with Gasteiger partial charge in [-0.2, -0.15) is 0 Å². The molecule has 1 aliphatic heterocycles. The molecule has 1 fully saturated rings. The van der Waals surface area contributed by atoms with Gasteiger partial charge in [0.15, 0.2) is 5.96 Å². The second-order valence-electron chi connectivity index (χ2n) is 6.97. The molecule has 1 aromatic rings. The fourth-order valence-electron chi connectivity index (χ4n) is 2.67. The summed E-state index contributed by atoms with van der Waals surface area (Å²) >= 11 is 3.62. The lowest BCUT2D eigenvalue weighted by atomic mass is 9.93. The van der Waals surface area contributed by atoms with Crippen molar-refractivity contribution >= 4 is 33.5 Å². The Labute approximate surface area is 158 Å². The van der Waals surface area contributed by atoms with Gasteiger partial charge in [0.25, 0.3) is 0 Å². The largest absolute Gasteiger partial charge is 0.369 e. The zero-order chi connectivity index (χ0) is 18.4. The second-order valence-corrected chi connectivity index (χ2v) is 7.82. The highest BCUT2D eigenvalue weighted by Crippen LogP contribution is 2.28. The zero-order valence-electron chi connectivity index (χ0n) is 15.2. The highest BCUT2D eigenvalue weighted by molar-refractivity contribution is 9.10. The van der Waals surface area contributed by atoms with Crippen LogP contribution in [0.1, 0.15) is 27.2 Å². The normalized spacial score (nSPS) is 18.3. The number of hydrogen-bond acceptors (Lipinski definition) is 3. The summed E-state index contributed by atoms with van der Waals surface area (Å²) in [5.41, 5.74) is 5.99. The molecule has 138 valence electrons. The van der Waals surface area contributed by atoms with Crippen LogP contribution >= 0.6 is 15.9 Å². The molecule has 0 radical (unpaired) electrons. The highest BCUT2D eigenvalue weighted by Gasteiger charge is 2.26. The van der Waals surface area contributed by atoms with E-state index < -0.39 is 5.41 Å². The maximum absolute atomic E-state index is 11.5. The number of hydrogen-bond donors (Lipinski definition) is 3. The molecule has 1 atom stereocenters. The van der Waals surface area contributed by atoms with E-state index in [4.69, 9.17) is 5.73 Å².